The molecule has 0 bridgehead atoms. The molecule has 372 valence electrons. The summed E-state index contributed by atoms with van der Waals surface area (Å²) >= 11 is 0. The molecule has 3 rings (SSSR count). The summed E-state index contributed by atoms with van der Waals surface area (Å²) in [4.78, 5) is 116. The van der Waals surface area contributed by atoms with Gasteiger partial charge in [-0.3, -0.25) is 43.5 Å². The highest BCUT2D eigenvalue weighted by molar-refractivity contribution is 5.97. The van der Waals surface area contributed by atoms with Crippen LogP contribution >= 0.6 is 0 Å². The number of carboxylic acid groups (broad SMARTS) is 1. The van der Waals surface area contributed by atoms with Crippen LogP contribution in [0, 0.1) is 5.92 Å². The van der Waals surface area contributed by atoms with E-state index >= 15 is 0 Å². The van der Waals surface area contributed by atoms with E-state index in [0.29, 0.717) is 12.0 Å². The molecule has 1 aliphatic heterocycles. The average molecular weight is 949 g/mol. The van der Waals surface area contributed by atoms with Crippen molar-refractivity contribution in [3.8, 4) is 0 Å². The molecule has 23 nitrogen and oxygen atoms in total. The van der Waals surface area contributed by atoms with E-state index in [2.05, 4.69) is 36.6 Å². The molecular formula is C45H68N14O9. The number of hydrogen-bond donors (Lipinski definition) is 12. The molecule has 1 saturated heterocycles. The molecule has 18 N–H and O–H groups in total. The Balaban J connectivity index is 1.90. The molecule has 23 heteroatoms. The molecule has 68 heavy (non-hydrogen) atoms. The van der Waals surface area contributed by atoms with Crippen LogP contribution in [0.25, 0.3) is 0 Å². The number of nitrogens with zero attached hydrogens (tertiary/aromatic N) is 3. The van der Waals surface area contributed by atoms with Crippen LogP contribution in [0.4, 0.5) is 0 Å². The SMILES string of the molecule is CC(C)C[C@H](NC(=O)[C@@H](N)Cc1ccccc1)C(=O)N[C@@H](Cc1ccccc1)C(=O)N[C@@H](CCCN=C(N)N)C(=O)N1CCC[C@H]1C(=O)N[C@@H](CCCN=C(N)N)C(=O)N[C@@H](CC(N)=O)C(=O)O. The highest BCUT2D eigenvalue weighted by Crippen LogP contribution is 2.21. The summed E-state index contributed by atoms with van der Waals surface area (Å²) in [5.74, 6) is -7.26. The molecule has 0 saturated carbocycles. The topological polar surface area (TPSA) is 401 Å². The fourth-order valence-corrected chi connectivity index (χ4v) is 7.52. The second-order valence-electron chi connectivity index (χ2n) is 17.0. The van der Waals surface area contributed by atoms with Gasteiger partial charge in [0.25, 0.3) is 0 Å². The van der Waals surface area contributed by atoms with Gasteiger partial charge >= 0.3 is 5.97 Å². The number of nitrogens with one attached hydrogen (secondary N) is 5. The minimum absolute atomic E-state index is 0.00417. The minimum Gasteiger partial charge on any atom is -0.480 e. The first kappa shape index (κ1) is 55.0. The average Bonchev–Trinajstić information content (AvgIpc) is 3.78. The van der Waals surface area contributed by atoms with E-state index in [0.717, 1.165) is 5.56 Å². The van der Waals surface area contributed by atoms with Crippen molar-refractivity contribution in [2.75, 3.05) is 19.6 Å². The van der Waals surface area contributed by atoms with Crippen molar-refractivity contribution >= 4 is 59.2 Å². The Morgan fingerprint density at radius 3 is 1.66 bits per heavy atom. The van der Waals surface area contributed by atoms with Crippen LogP contribution in [0.1, 0.15) is 76.3 Å². The van der Waals surface area contributed by atoms with E-state index in [1.165, 1.54) is 4.90 Å². The second kappa shape index (κ2) is 28.0. The van der Waals surface area contributed by atoms with Gasteiger partial charge in [-0.2, -0.15) is 0 Å². The number of hydrogen-bond acceptors (Lipinski definition) is 11. The molecule has 7 amide bonds. The Morgan fingerprint density at radius 2 is 1.13 bits per heavy atom. The zero-order valence-electron chi connectivity index (χ0n) is 38.6. The van der Waals surface area contributed by atoms with Gasteiger partial charge in [0.05, 0.1) is 12.5 Å². The van der Waals surface area contributed by atoms with Crippen molar-refractivity contribution in [3.63, 3.8) is 0 Å². The van der Waals surface area contributed by atoms with E-state index in [9.17, 15) is 43.5 Å². The van der Waals surface area contributed by atoms with Gasteiger partial charge in [-0.25, -0.2) is 4.79 Å². The molecule has 0 spiro atoms. The number of aliphatic imine (C=N–C) groups is 2. The highest BCUT2D eigenvalue weighted by atomic mass is 16.4. The van der Waals surface area contributed by atoms with E-state index in [-0.39, 0.29) is 88.8 Å². The molecule has 0 radical (unpaired) electrons. The maximum absolute atomic E-state index is 14.6. The summed E-state index contributed by atoms with van der Waals surface area (Å²) in [6.07, 6.45) is 0.534. The van der Waals surface area contributed by atoms with Crippen molar-refractivity contribution in [1.29, 1.82) is 0 Å². The number of carboxylic acids is 1. The van der Waals surface area contributed by atoms with Gasteiger partial charge < -0.3 is 71.0 Å². The van der Waals surface area contributed by atoms with Crippen LogP contribution in [-0.4, -0.2) is 131 Å². The molecule has 1 fully saturated rings. The van der Waals surface area contributed by atoms with Crippen LogP contribution in [0.2, 0.25) is 0 Å². The fraction of sp³-hybridized carbons (Fsp3) is 0.511. The van der Waals surface area contributed by atoms with Gasteiger partial charge in [0.15, 0.2) is 11.9 Å². The third-order valence-corrected chi connectivity index (χ3v) is 10.9. The molecule has 1 heterocycles. The maximum Gasteiger partial charge on any atom is 0.326 e. The van der Waals surface area contributed by atoms with Crippen LogP contribution in [0.3, 0.4) is 0 Å². The monoisotopic (exact) mass is 949 g/mol. The van der Waals surface area contributed by atoms with Gasteiger partial charge in [-0.05, 0) is 68.4 Å². The van der Waals surface area contributed by atoms with Gasteiger partial charge in [0.2, 0.25) is 41.4 Å². The summed E-state index contributed by atoms with van der Waals surface area (Å²) in [5.41, 5.74) is 34.9. The number of likely N-dealkylation sites (tertiary alicyclic amines) is 1. The lowest BCUT2D eigenvalue weighted by atomic mass is 9.99. The lowest BCUT2D eigenvalue weighted by Crippen LogP contribution is -2.60. The molecule has 2 aromatic rings. The molecule has 0 aliphatic carbocycles. The van der Waals surface area contributed by atoms with Crippen molar-refractivity contribution in [2.45, 2.75) is 120 Å². The Hall–Kier alpha value is -7.30. The maximum atomic E-state index is 14.6. The Bertz CT molecular complexity index is 2080. The predicted octanol–water partition coefficient (Wildman–Crippen LogP) is -2.67. The van der Waals surface area contributed by atoms with Crippen LogP contribution in [-0.2, 0) is 51.2 Å². The summed E-state index contributed by atoms with van der Waals surface area (Å²) in [6, 6.07) is 9.25. The number of carbonyl (C=O) groups excluding carboxylic acids is 7. The van der Waals surface area contributed by atoms with E-state index in [1.54, 1.807) is 30.3 Å². The van der Waals surface area contributed by atoms with Gasteiger partial charge in [-0.15, -0.1) is 0 Å². The smallest absolute Gasteiger partial charge is 0.326 e. The lowest BCUT2D eigenvalue weighted by Gasteiger charge is -2.31. The molecule has 0 aromatic heterocycles. The van der Waals surface area contributed by atoms with Crippen molar-refractivity contribution < 1.29 is 43.5 Å². The highest BCUT2D eigenvalue weighted by Gasteiger charge is 2.40. The normalized spacial score (nSPS) is 15.8. The predicted molar refractivity (Wildman–Crippen MR) is 253 cm³/mol. The van der Waals surface area contributed by atoms with Crippen molar-refractivity contribution in [3.05, 3.63) is 71.8 Å². The van der Waals surface area contributed by atoms with Crippen molar-refractivity contribution in [2.24, 2.45) is 50.3 Å². The quantitative estimate of drug-likeness (QED) is 0.0235. The third-order valence-electron chi connectivity index (χ3n) is 10.9. The Labute approximate surface area is 395 Å². The number of benzene rings is 2. The first-order valence-corrected chi connectivity index (χ1v) is 22.5. The number of aliphatic carboxylic acids is 1. The minimum atomic E-state index is -1.69. The number of amides is 7. The number of carbonyl (C=O) groups is 8. The zero-order valence-corrected chi connectivity index (χ0v) is 38.6. The lowest BCUT2D eigenvalue weighted by molar-refractivity contribution is -0.144. The standard InChI is InChI=1S/C45H68N14O9/c1-26(2)22-32(56-37(61)29(46)23-27-12-5-3-6-13-27)39(63)57-33(24-28-14-7-4-8-15-28)40(64)55-31(17-10-20-53-45(50)51)42(66)59-21-11-18-35(59)41(65)54-30(16-9-19-52-44(48)49)38(62)58-34(43(67)68)25-36(47)60/h3-8,12-15,26,29-35H,9-11,16-25,46H2,1-2H3,(H2,47,60)(H,54,65)(H,55,64)(H,56,61)(H,57,63)(H,58,62)(H,67,68)(H4,48,49,52)(H4,50,51,53)/t29-,30-,31-,32-,33-,34-,35-/m0/s1. The number of nitrogens with two attached hydrogens (primary N) is 6. The van der Waals surface area contributed by atoms with Crippen LogP contribution < -0.4 is 61.0 Å². The van der Waals surface area contributed by atoms with Crippen LogP contribution in [0.15, 0.2) is 70.6 Å². The summed E-state index contributed by atoms with van der Waals surface area (Å²) in [7, 11) is 0. The molecule has 0 unspecified atom stereocenters. The van der Waals surface area contributed by atoms with E-state index < -0.39 is 96.0 Å². The van der Waals surface area contributed by atoms with Gasteiger partial charge in [0, 0.05) is 26.1 Å². The van der Waals surface area contributed by atoms with E-state index in [4.69, 9.17) is 34.4 Å². The summed E-state index contributed by atoms with van der Waals surface area (Å²) in [6.45, 7) is 3.98. The van der Waals surface area contributed by atoms with Gasteiger partial charge in [0.1, 0.15) is 36.3 Å². The number of primary amides is 1. The van der Waals surface area contributed by atoms with E-state index in [1.807, 2.05) is 44.2 Å². The number of rotatable bonds is 28. The summed E-state index contributed by atoms with van der Waals surface area (Å²) in [5, 5.41) is 22.8. The first-order valence-electron chi connectivity index (χ1n) is 22.5. The second-order valence-corrected chi connectivity index (χ2v) is 17.0. The fourth-order valence-electron chi connectivity index (χ4n) is 7.52. The first-order chi connectivity index (χ1) is 32.2. The Morgan fingerprint density at radius 1 is 0.647 bits per heavy atom. The number of guanidine groups is 2. The Kier molecular flexibility index (Phi) is 22.7. The third kappa shape index (κ3) is 19.3. The van der Waals surface area contributed by atoms with Gasteiger partial charge in [-0.1, -0.05) is 74.5 Å². The van der Waals surface area contributed by atoms with Crippen molar-refractivity contribution in [1.82, 2.24) is 31.5 Å². The molecular weight excluding hydrogens is 881 g/mol. The zero-order chi connectivity index (χ0) is 50.3. The molecule has 2 aromatic carbocycles. The molecule has 1 aliphatic rings. The summed E-state index contributed by atoms with van der Waals surface area (Å²) < 4.78 is 0. The molecule has 7 atom stereocenters. The largest absolute Gasteiger partial charge is 0.480 e. The van der Waals surface area contributed by atoms with Crippen LogP contribution in [0.5, 0.6) is 0 Å².